The molecule has 4 nitrogen and oxygen atoms in total. The van der Waals surface area contributed by atoms with E-state index >= 15 is 0 Å². The third-order valence-electron chi connectivity index (χ3n) is 1.64. The summed E-state index contributed by atoms with van der Waals surface area (Å²) in [5, 5.41) is 6.02. The van der Waals surface area contributed by atoms with Crippen molar-refractivity contribution in [2.24, 2.45) is 0 Å². The zero-order valence-corrected chi connectivity index (χ0v) is 9.64. The van der Waals surface area contributed by atoms with Crippen molar-refractivity contribution < 1.29 is 9.53 Å². The van der Waals surface area contributed by atoms with Gasteiger partial charge in [0.05, 0.1) is 6.61 Å². The molecule has 0 saturated heterocycles. The van der Waals surface area contributed by atoms with Crippen LogP contribution in [-0.4, -0.2) is 38.3 Å². The van der Waals surface area contributed by atoms with Gasteiger partial charge in [-0.25, -0.2) is 0 Å². The molecule has 0 unspecified atom stereocenters. The summed E-state index contributed by atoms with van der Waals surface area (Å²) < 4.78 is 4.82. The molecule has 0 rings (SSSR count). The molecule has 0 aliphatic carbocycles. The van der Waals surface area contributed by atoms with Gasteiger partial charge in [-0.1, -0.05) is 0 Å². The fourth-order valence-electron chi connectivity index (χ4n) is 0.932. The van der Waals surface area contributed by atoms with Gasteiger partial charge in [-0.2, -0.15) is 0 Å². The summed E-state index contributed by atoms with van der Waals surface area (Å²) in [6, 6.07) is 0. The summed E-state index contributed by atoms with van der Waals surface area (Å²) in [6.07, 6.45) is 0.515. The first-order chi connectivity index (χ1) is 6.45. The predicted molar refractivity (Wildman–Crippen MR) is 57.3 cm³/mol. The van der Waals surface area contributed by atoms with Gasteiger partial charge in [0.25, 0.3) is 0 Å². The smallest absolute Gasteiger partial charge is 0.221 e. The fraction of sp³-hybridized carbons (Fsp3) is 0.900. The minimum atomic E-state index is 0.0683. The SMILES string of the molecule is COCCNC(=O)CCNC(C)(C)C. The second kappa shape index (κ2) is 6.79. The lowest BCUT2D eigenvalue weighted by atomic mass is 10.1. The third kappa shape index (κ3) is 9.48. The van der Waals surface area contributed by atoms with E-state index in [1.54, 1.807) is 7.11 Å². The topological polar surface area (TPSA) is 50.4 Å². The minimum Gasteiger partial charge on any atom is -0.383 e. The van der Waals surface area contributed by atoms with Crippen LogP contribution in [0.1, 0.15) is 27.2 Å². The van der Waals surface area contributed by atoms with E-state index in [1.807, 2.05) is 0 Å². The Morgan fingerprint density at radius 1 is 1.29 bits per heavy atom. The summed E-state index contributed by atoms with van der Waals surface area (Å²) in [7, 11) is 1.62. The van der Waals surface area contributed by atoms with Crippen molar-refractivity contribution in [3.05, 3.63) is 0 Å². The van der Waals surface area contributed by atoms with Crippen LogP contribution in [0.3, 0.4) is 0 Å². The number of rotatable bonds is 6. The molecule has 0 atom stereocenters. The van der Waals surface area contributed by atoms with Crippen LogP contribution in [0.15, 0.2) is 0 Å². The Morgan fingerprint density at radius 3 is 2.43 bits per heavy atom. The van der Waals surface area contributed by atoms with Crippen molar-refractivity contribution >= 4 is 5.91 Å². The van der Waals surface area contributed by atoms with Crippen molar-refractivity contribution in [2.45, 2.75) is 32.7 Å². The number of hydrogen-bond donors (Lipinski definition) is 2. The van der Waals surface area contributed by atoms with Gasteiger partial charge in [-0.05, 0) is 20.8 Å². The second-order valence-corrected chi connectivity index (χ2v) is 4.27. The average Bonchev–Trinajstić information content (AvgIpc) is 2.02. The van der Waals surface area contributed by atoms with Gasteiger partial charge in [0.2, 0.25) is 5.91 Å². The second-order valence-electron chi connectivity index (χ2n) is 4.27. The summed E-state index contributed by atoms with van der Waals surface area (Å²) in [5.41, 5.74) is 0.0762. The van der Waals surface area contributed by atoms with E-state index in [2.05, 4.69) is 31.4 Å². The number of amides is 1. The molecule has 2 N–H and O–H groups in total. The van der Waals surface area contributed by atoms with E-state index in [0.29, 0.717) is 26.1 Å². The Hall–Kier alpha value is -0.610. The molecule has 84 valence electrons. The zero-order chi connectivity index (χ0) is 11.0. The van der Waals surface area contributed by atoms with E-state index in [9.17, 15) is 4.79 Å². The number of nitrogens with one attached hydrogen (secondary N) is 2. The number of methoxy groups -OCH3 is 1. The van der Waals surface area contributed by atoms with Gasteiger partial charge >= 0.3 is 0 Å². The summed E-state index contributed by atoms with van der Waals surface area (Å²) in [6.45, 7) is 8.10. The number of carbonyl (C=O) groups is 1. The van der Waals surface area contributed by atoms with Crippen LogP contribution >= 0.6 is 0 Å². The molecular weight excluding hydrogens is 180 g/mol. The van der Waals surface area contributed by atoms with E-state index in [0.717, 1.165) is 0 Å². The van der Waals surface area contributed by atoms with Crippen molar-refractivity contribution in [1.82, 2.24) is 10.6 Å². The van der Waals surface area contributed by atoms with Gasteiger partial charge in [0.1, 0.15) is 0 Å². The molecule has 0 aromatic rings. The molecule has 0 saturated carbocycles. The Labute approximate surface area is 86.4 Å². The molecule has 0 aromatic carbocycles. The van der Waals surface area contributed by atoms with E-state index in [4.69, 9.17) is 4.74 Å². The fourth-order valence-corrected chi connectivity index (χ4v) is 0.932. The van der Waals surface area contributed by atoms with E-state index in [1.165, 1.54) is 0 Å². The standard InChI is InChI=1S/C10H22N2O2/c1-10(2,3)12-6-5-9(13)11-7-8-14-4/h12H,5-8H2,1-4H3,(H,11,13). The molecule has 4 heteroatoms. The van der Waals surface area contributed by atoms with Crippen LogP contribution in [0, 0.1) is 0 Å². The third-order valence-corrected chi connectivity index (χ3v) is 1.64. The van der Waals surface area contributed by atoms with E-state index < -0.39 is 0 Å². The molecule has 0 radical (unpaired) electrons. The maximum absolute atomic E-state index is 11.2. The number of carbonyl (C=O) groups excluding carboxylic acids is 1. The lowest BCUT2D eigenvalue weighted by Crippen LogP contribution is -2.38. The van der Waals surface area contributed by atoms with Crippen molar-refractivity contribution in [2.75, 3.05) is 26.8 Å². The molecule has 0 bridgehead atoms. The number of ether oxygens (including phenoxy) is 1. The molecule has 0 aliphatic heterocycles. The first-order valence-corrected chi connectivity index (χ1v) is 4.96. The predicted octanol–water partition coefficient (Wildman–Crippen LogP) is 0.527. The lowest BCUT2D eigenvalue weighted by Gasteiger charge is -2.20. The first kappa shape index (κ1) is 13.4. The average molecular weight is 202 g/mol. The van der Waals surface area contributed by atoms with Crippen LogP contribution in [0.25, 0.3) is 0 Å². The Balaban J connectivity index is 3.36. The Bertz CT molecular complexity index is 164. The molecule has 0 heterocycles. The van der Waals surface area contributed by atoms with Gasteiger partial charge < -0.3 is 15.4 Å². The Kier molecular flexibility index (Phi) is 6.49. The van der Waals surface area contributed by atoms with Crippen LogP contribution in [0.5, 0.6) is 0 Å². The normalized spacial score (nSPS) is 11.4. The lowest BCUT2D eigenvalue weighted by molar-refractivity contribution is -0.121. The van der Waals surface area contributed by atoms with Crippen molar-refractivity contribution in [1.29, 1.82) is 0 Å². The highest BCUT2D eigenvalue weighted by atomic mass is 16.5. The molecule has 0 fully saturated rings. The molecular formula is C10H22N2O2. The highest BCUT2D eigenvalue weighted by Gasteiger charge is 2.08. The molecule has 0 aliphatic rings. The van der Waals surface area contributed by atoms with Crippen LogP contribution in [0.4, 0.5) is 0 Å². The van der Waals surface area contributed by atoms with Crippen LogP contribution in [0.2, 0.25) is 0 Å². The van der Waals surface area contributed by atoms with Crippen molar-refractivity contribution in [3.63, 3.8) is 0 Å². The minimum absolute atomic E-state index is 0.0683. The quantitative estimate of drug-likeness (QED) is 0.618. The van der Waals surface area contributed by atoms with Gasteiger partial charge in [-0.3, -0.25) is 4.79 Å². The Morgan fingerprint density at radius 2 is 1.93 bits per heavy atom. The number of hydrogen-bond acceptors (Lipinski definition) is 3. The van der Waals surface area contributed by atoms with Gasteiger partial charge in [0, 0.05) is 32.2 Å². The van der Waals surface area contributed by atoms with Gasteiger partial charge in [0.15, 0.2) is 0 Å². The molecule has 0 aromatic heterocycles. The molecule has 1 amide bonds. The zero-order valence-electron chi connectivity index (χ0n) is 9.64. The van der Waals surface area contributed by atoms with Crippen molar-refractivity contribution in [3.8, 4) is 0 Å². The van der Waals surface area contributed by atoms with E-state index in [-0.39, 0.29) is 11.4 Å². The molecule has 14 heavy (non-hydrogen) atoms. The molecule has 0 spiro atoms. The van der Waals surface area contributed by atoms with Gasteiger partial charge in [-0.15, -0.1) is 0 Å². The maximum Gasteiger partial charge on any atom is 0.221 e. The summed E-state index contributed by atoms with van der Waals surface area (Å²) >= 11 is 0. The van der Waals surface area contributed by atoms with Crippen LogP contribution in [-0.2, 0) is 9.53 Å². The highest BCUT2D eigenvalue weighted by Crippen LogP contribution is 1.97. The largest absolute Gasteiger partial charge is 0.383 e. The first-order valence-electron chi connectivity index (χ1n) is 4.96. The summed E-state index contributed by atoms with van der Waals surface area (Å²) in [4.78, 5) is 11.2. The van der Waals surface area contributed by atoms with Crippen LogP contribution < -0.4 is 10.6 Å². The summed E-state index contributed by atoms with van der Waals surface area (Å²) in [5.74, 6) is 0.0683. The maximum atomic E-state index is 11.2. The highest BCUT2D eigenvalue weighted by molar-refractivity contribution is 5.76. The monoisotopic (exact) mass is 202 g/mol.